The van der Waals surface area contributed by atoms with Crippen LogP contribution in [0.3, 0.4) is 0 Å². The van der Waals surface area contributed by atoms with Crippen LogP contribution in [0.4, 0.5) is 15.9 Å². The summed E-state index contributed by atoms with van der Waals surface area (Å²) in [6.07, 6.45) is 2.71. The molecule has 1 saturated heterocycles. The van der Waals surface area contributed by atoms with Gasteiger partial charge >= 0.3 is 6.01 Å². The van der Waals surface area contributed by atoms with Crippen molar-refractivity contribution in [3.63, 3.8) is 0 Å². The fourth-order valence-corrected chi connectivity index (χ4v) is 4.38. The number of phenols is 1. The van der Waals surface area contributed by atoms with Crippen LogP contribution in [0.15, 0.2) is 24.8 Å². The molecule has 0 radical (unpaired) electrons. The second-order valence-corrected chi connectivity index (χ2v) is 8.84. The first-order chi connectivity index (χ1) is 16.3. The normalized spacial score (nSPS) is 16.8. The SMILES string of the molecule is C=CC(=O)N1CCN(c2nc(O[C@H](C)CC)nc3c2CCN(c2c(O)ccc(C)c2F)C3)CC1. The standard InChI is InChI=1S/C25H32FN5O3/c1-5-17(4)34-25-27-19-15-31(23-20(32)8-7-16(3)22(23)26)10-9-18(19)24(28-25)30-13-11-29(12-14-30)21(33)6-2/h6-8,17,32H,2,5,9-15H2,1,3-4H3/t17-/m1/s1. The van der Waals surface area contributed by atoms with E-state index in [4.69, 9.17) is 9.72 Å². The molecule has 2 aliphatic rings. The minimum atomic E-state index is -0.420. The molecule has 0 unspecified atom stereocenters. The van der Waals surface area contributed by atoms with Gasteiger partial charge in [-0.3, -0.25) is 4.79 Å². The van der Waals surface area contributed by atoms with E-state index in [1.165, 1.54) is 12.1 Å². The molecule has 1 amide bonds. The molecule has 0 aliphatic carbocycles. The number of ether oxygens (including phenoxy) is 1. The Balaban J connectivity index is 1.67. The van der Waals surface area contributed by atoms with Crippen molar-refractivity contribution in [1.82, 2.24) is 14.9 Å². The number of halogens is 1. The number of fused-ring (bicyclic) bond motifs is 1. The Morgan fingerprint density at radius 2 is 1.97 bits per heavy atom. The van der Waals surface area contributed by atoms with Gasteiger partial charge in [-0.05, 0) is 44.4 Å². The fraction of sp³-hybridized carbons (Fsp3) is 0.480. The highest BCUT2D eigenvalue weighted by Gasteiger charge is 2.30. The molecule has 8 nitrogen and oxygen atoms in total. The monoisotopic (exact) mass is 469 g/mol. The Morgan fingerprint density at radius 3 is 2.65 bits per heavy atom. The number of aryl methyl sites for hydroxylation is 1. The molecule has 1 N–H and O–H groups in total. The van der Waals surface area contributed by atoms with Crippen LogP contribution in [-0.4, -0.2) is 64.7 Å². The molecule has 1 fully saturated rings. The molecule has 0 spiro atoms. The highest BCUT2D eigenvalue weighted by atomic mass is 19.1. The van der Waals surface area contributed by atoms with Gasteiger partial charge in [-0.2, -0.15) is 9.97 Å². The Bertz CT molecular complexity index is 1080. The van der Waals surface area contributed by atoms with Crippen molar-refractivity contribution in [3.8, 4) is 11.8 Å². The van der Waals surface area contributed by atoms with Gasteiger partial charge in [0.05, 0.1) is 18.3 Å². The van der Waals surface area contributed by atoms with Crippen molar-refractivity contribution >= 4 is 17.4 Å². The number of benzene rings is 1. The van der Waals surface area contributed by atoms with E-state index in [1.807, 2.05) is 18.7 Å². The Hall–Kier alpha value is -3.36. The molecule has 3 heterocycles. The summed E-state index contributed by atoms with van der Waals surface area (Å²) in [5.41, 5.74) is 2.45. The Kier molecular flexibility index (Phi) is 6.90. The van der Waals surface area contributed by atoms with Crippen LogP contribution in [0.5, 0.6) is 11.8 Å². The van der Waals surface area contributed by atoms with Crippen molar-refractivity contribution in [2.45, 2.75) is 46.3 Å². The van der Waals surface area contributed by atoms with Crippen LogP contribution < -0.4 is 14.5 Å². The summed E-state index contributed by atoms with van der Waals surface area (Å²) < 4.78 is 20.9. The first kappa shape index (κ1) is 23.8. The van der Waals surface area contributed by atoms with E-state index in [0.717, 1.165) is 23.5 Å². The summed E-state index contributed by atoms with van der Waals surface area (Å²) in [5.74, 6) is 0.236. The predicted octanol–water partition coefficient (Wildman–Crippen LogP) is 3.20. The number of anilines is 2. The lowest BCUT2D eigenvalue weighted by Gasteiger charge is -2.38. The van der Waals surface area contributed by atoms with Gasteiger partial charge in [0.15, 0.2) is 5.82 Å². The number of amides is 1. The zero-order valence-corrected chi connectivity index (χ0v) is 20.1. The van der Waals surface area contributed by atoms with Crippen molar-refractivity contribution in [2.24, 2.45) is 0 Å². The molecule has 2 aromatic rings. The average Bonchev–Trinajstić information content (AvgIpc) is 2.85. The van der Waals surface area contributed by atoms with E-state index in [1.54, 1.807) is 17.9 Å². The molecule has 0 saturated carbocycles. The highest BCUT2D eigenvalue weighted by molar-refractivity contribution is 5.87. The zero-order valence-electron chi connectivity index (χ0n) is 20.1. The Labute approximate surface area is 199 Å². The van der Waals surface area contributed by atoms with Crippen molar-refractivity contribution in [3.05, 3.63) is 47.4 Å². The first-order valence-corrected chi connectivity index (χ1v) is 11.8. The summed E-state index contributed by atoms with van der Waals surface area (Å²) >= 11 is 0. The minimum absolute atomic E-state index is 0.0501. The lowest BCUT2D eigenvalue weighted by atomic mass is 10.0. The molecule has 4 rings (SSSR count). The summed E-state index contributed by atoms with van der Waals surface area (Å²) in [4.78, 5) is 27.2. The minimum Gasteiger partial charge on any atom is -0.506 e. The van der Waals surface area contributed by atoms with E-state index in [0.29, 0.717) is 57.3 Å². The van der Waals surface area contributed by atoms with Crippen LogP contribution in [0.1, 0.15) is 37.1 Å². The number of carbonyl (C=O) groups excluding carboxylic acids is 1. The van der Waals surface area contributed by atoms with Gasteiger partial charge in [0.25, 0.3) is 0 Å². The third-order valence-electron chi connectivity index (χ3n) is 6.57. The number of rotatable bonds is 6. The highest BCUT2D eigenvalue weighted by Crippen LogP contribution is 2.37. The topological polar surface area (TPSA) is 82.0 Å². The molecule has 9 heteroatoms. The van der Waals surface area contributed by atoms with Crippen LogP contribution >= 0.6 is 0 Å². The largest absolute Gasteiger partial charge is 0.506 e. The number of piperazine rings is 1. The van der Waals surface area contributed by atoms with Crippen LogP contribution in [0.2, 0.25) is 0 Å². The van der Waals surface area contributed by atoms with Crippen molar-refractivity contribution in [2.75, 3.05) is 42.5 Å². The molecule has 1 aromatic carbocycles. The molecule has 1 atom stereocenters. The quantitative estimate of drug-likeness (QED) is 0.651. The number of aromatic nitrogens is 2. The lowest BCUT2D eigenvalue weighted by Crippen LogP contribution is -2.49. The van der Waals surface area contributed by atoms with Gasteiger partial charge in [-0.25, -0.2) is 4.39 Å². The van der Waals surface area contributed by atoms with Crippen LogP contribution in [-0.2, 0) is 17.8 Å². The summed E-state index contributed by atoms with van der Waals surface area (Å²) in [5, 5.41) is 10.4. The molecule has 182 valence electrons. The molecule has 2 aliphatic heterocycles. The number of phenolic OH excluding ortho intramolecular Hbond substituents is 1. The summed E-state index contributed by atoms with van der Waals surface area (Å²) in [6, 6.07) is 3.39. The summed E-state index contributed by atoms with van der Waals surface area (Å²) in [6.45, 7) is 12.6. The van der Waals surface area contributed by atoms with Crippen molar-refractivity contribution < 1.29 is 19.0 Å². The number of carbonyl (C=O) groups is 1. The molecule has 1 aromatic heterocycles. The molecule has 34 heavy (non-hydrogen) atoms. The number of hydrogen-bond acceptors (Lipinski definition) is 7. The van der Waals surface area contributed by atoms with E-state index in [-0.39, 0.29) is 23.4 Å². The second-order valence-electron chi connectivity index (χ2n) is 8.84. The Morgan fingerprint density at radius 1 is 1.24 bits per heavy atom. The van der Waals surface area contributed by atoms with Gasteiger partial charge in [0, 0.05) is 38.3 Å². The van der Waals surface area contributed by atoms with Crippen LogP contribution in [0, 0.1) is 12.7 Å². The third kappa shape index (κ3) is 4.64. The third-order valence-corrected chi connectivity index (χ3v) is 6.57. The van der Waals surface area contributed by atoms with Gasteiger partial charge in [-0.15, -0.1) is 0 Å². The maximum atomic E-state index is 14.9. The predicted molar refractivity (Wildman–Crippen MR) is 129 cm³/mol. The van der Waals surface area contributed by atoms with E-state index < -0.39 is 5.82 Å². The molecular weight excluding hydrogens is 437 g/mol. The van der Waals surface area contributed by atoms with E-state index >= 15 is 0 Å². The smallest absolute Gasteiger partial charge is 0.318 e. The van der Waals surface area contributed by atoms with Gasteiger partial charge < -0.3 is 24.5 Å². The second kappa shape index (κ2) is 9.87. The lowest BCUT2D eigenvalue weighted by molar-refractivity contribution is -0.126. The maximum Gasteiger partial charge on any atom is 0.318 e. The van der Waals surface area contributed by atoms with Gasteiger partial charge in [-0.1, -0.05) is 19.6 Å². The molecule has 0 bridgehead atoms. The average molecular weight is 470 g/mol. The van der Waals surface area contributed by atoms with E-state index in [2.05, 4.69) is 16.5 Å². The van der Waals surface area contributed by atoms with E-state index in [9.17, 15) is 14.3 Å². The van der Waals surface area contributed by atoms with Gasteiger partial charge in [0.2, 0.25) is 5.91 Å². The first-order valence-electron chi connectivity index (χ1n) is 11.8. The number of aromatic hydroxyl groups is 1. The number of nitrogens with zero attached hydrogens (tertiary/aromatic N) is 5. The number of hydrogen-bond donors (Lipinski definition) is 1. The van der Waals surface area contributed by atoms with Crippen LogP contribution in [0.25, 0.3) is 0 Å². The summed E-state index contributed by atoms with van der Waals surface area (Å²) in [7, 11) is 0. The van der Waals surface area contributed by atoms with Crippen molar-refractivity contribution in [1.29, 1.82) is 0 Å². The van der Waals surface area contributed by atoms with Gasteiger partial charge in [0.1, 0.15) is 17.3 Å². The molecular formula is C25H32FN5O3. The fourth-order valence-electron chi connectivity index (χ4n) is 4.38. The zero-order chi connectivity index (χ0) is 24.4. The maximum absolute atomic E-state index is 14.9.